The van der Waals surface area contributed by atoms with E-state index in [9.17, 15) is 16.8 Å². The Balaban J connectivity index is 2.53. The zero-order valence-corrected chi connectivity index (χ0v) is 11.5. The molecular weight excluding hydrogens is 276 g/mol. The largest absolute Gasteiger partial charge is 0.264 e. The number of rotatable bonds is 2. The van der Waals surface area contributed by atoms with Crippen LogP contribution in [0.15, 0.2) is 29.2 Å². The molecule has 0 fully saturated rings. The lowest BCUT2D eigenvalue weighted by Gasteiger charge is -2.15. The summed E-state index contributed by atoms with van der Waals surface area (Å²) in [6, 6.07) is 6.40. The first kappa shape index (κ1) is 13.5. The summed E-state index contributed by atoms with van der Waals surface area (Å²) < 4.78 is 51.4. The van der Waals surface area contributed by atoms with Gasteiger partial charge < -0.3 is 0 Å². The molecule has 100 valence electrons. The average molecular weight is 290 g/mol. The first-order valence-electron chi connectivity index (χ1n) is 5.49. The standard InChI is InChI=1S/C11H14O5S2/c1-17(12,13)16-10-6-4-8-18(14,15)11-7-3-2-5-9(10)11/h2-3,5,7,10H,4,6,8H2,1H3/t10-/m0/s1. The Morgan fingerprint density at radius 2 is 1.94 bits per heavy atom. The van der Waals surface area contributed by atoms with Gasteiger partial charge in [0.1, 0.15) is 6.10 Å². The zero-order chi connectivity index (χ0) is 13.4. The molecule has 1 aliphatic rings. The maximum atomic E-state index is 12.0. The highest BCUT2D eigenvalue weighted by Gasteiger charge is 2.29. The van der Waals surface area contributed by atoms with E-state index in [-0.39, 0.29) is 10.6 Å². The molecule has 0 saturated heterocycles. The van der Waals surface area contributed by atoms with Gasteiger partial charge in [0.15, 0.2) is 9.84 Å². The normalized spacial score (nSPS) is 23.1. The summed E-state index contributed by atoms with van der Waals surface area (Å²) in [6.07, 6.45) is 1.02. The van der Waals surface area contributed by atoms with Crippen molar-refractivity contribution >= 4 is 20.0 Å². The Morgan fingerprint density at radius 1 is 1.28 bits per heavy atom. The minimum atomic E-state index is -3.61. The first-order valence-corrected chi connectivity index (χ1v) is 8.96. The number of hydrogen-bond acceptors (Lipinski definition) is 5. The summed E-state index contributed by atoms with van der Waals surface area (Å²) in [4.78, 5) is 0.177. The number of fused-ring (bicyclic) bond motifs is 1. The maximum Gasteiger partial charge on any atom is 0.264 e. The van der Waals surface area contributed by atoms with E-state index in [4.69, 9.17) is 4.18 Å². The fraction of sp³-hybridized carbons (Fsp3) is 0.455. The third-order valence-electron chi connectivity index (χ3n) is 2.77. The van der Waals surface area contributed by atoms with Gasteiger partial charge in [-0.1, -0.05) is 18.2 Å². The fourth-order valence-electron chi connectivity index (χ4n) is 2.06. The van der Waals surface area contributed by atoms with E-state index in [2.05, 4.69) is 0 Å². The second kappa shape index (κ2) is 4.64. The maximum absolute atomic E-state index is 12.0. The van der Waals surface area contributed by atoms with Crippen LogP contribution in [0.25, 0.3) is 0 Å². The minimum absolute atomic E-state index is 0.0215. The molecule has 2 rings (SSSR count). The number of benzene rings is 1. The molecule has 0 aromatic heterocycles. The quantitative estimate of drug-likeness (QED) is 0.767. The van der Waals surface area contributed by atoms with E-state index in [1.54, 1.807) is 18.2 Å². The summed E-state index contributed by atoms with van der Waals surface area (Å²) in [5, 5.41) is 0. The third kappa shape index (κ3) is 2.90. The van der Waals surface area contributed by atoms with Gasteiger partial charge in [-0.15, -0.1) is 0 Å². The van der Waals surface area contributed by atoms with Crippen LogP contribution in [0.1, 0.15) is 24.5 Å². The van der Waals surface area contributed by atoms with Gasteiger partial charge in [0.2, 0.25) is 0 Å². The zero-order valence-electron chi connectivity index (χ0n) is 9.87. The van der Waals surface area contributed by atoms with Gasteiger partial charge in [-0.3, -0.25) is 4.18 Å². The van der Waals surface area contributed by atoms with Crippen LogP contribution in [0, 0.1) is 0 Å². The Kier molecular flexibility index (Phi) is 3.48. The molecule has 0 bridgehead atoms. The van der Waals surface area contributed by atoms with E-state index in [1.165, 1.54) is 6.07 Å². The van der Waals surface area contributed by atoms with Crippen LogP contribution in [-0.2, 0) is 24.1 Å². The number of sulfone groups is 1. The van der Waals surface area contributed by atoms with E-state index >= 15 is 0 Å². The summed E-state index contributed by atoms with van der Waals surface area (Å²) in [5.41, 5.74) is 0.431. The summed E-state index contributed by atoms with van der Waals surface area (Å²) in [7, 11) is -6.96. The summed E-state index contributed by atoms with van der Waals surface area (Å²) >= 11 is 0. The van der Waals surface area contributed by atoms with Gasteiger partial charge in [-0.2, -0.15) is 8.42 Å². The van der Waals surface area contributed by atoms with Crippen LogP contribution in [0.5, 0.6) is 0 Å². The van der Waals surface area contributed by atoms with Crippen LogP contribution >= 0.6 is 0 Å². The predicted molar refractivity (Wildman–Crippen MR) is 66.4 cm³/mol. The van der Waals surface area contributed by atoms with Crippen LogP contribution in [0.2, 0.25) is 0 Å². The molecule has 0 N–H and O–H groups in total. The molecule has 1 aromatic rings. The SMILES string of the molecule is CS(=O)(=O)O[C@H]1CCCS(=O)(=O)c2ccccc21. The summed E-state index contributed by atoms with van der Waals surface area (Å²) in [6.45, 7) is 0. The number of hydrogen-bond donors (Lipinski definition) is 0. The smallest absolute Gasteiger partial charge is 0.262 e. The van der Waals surface area contributed by atoms with Crippen molar-refractivity contribution in [3.63, 3.8) is 0 Å². The molecular formula is C11H14O5S2. The molecule has 1 aromatic carbocycles. The lowest BCUT2D eigenvalue weighted by atomic mass is 10.1. The monoisotopic (exact) mass is 290 g/mol. The van der Waals surface area contributed by atoms with Crippen LogP contribution in [0.4, 0.5) is 0 Å². The highest BCUT2D eigenvalue weighted by Crippen LogP contribution is 2.34. The third-order valence-corrected chi connectivity index (χ3v) is 5.22. The van der Waals surface area contributed by atoms with Gasteiger partial charge in [-0.05, 0) is 18.9 Å². The Hall–Kier alpha value is -0.920. The van der Waals surface area contributed by atoms with Crippen LogP contribution in [-0.4, -0.2) is 28.8 Å². The fourth-order valence-corrected chi connectivity index (χ4v) is 4.30. The van der Waals surface area contributed by atoms with Crippen molar-refractivity contribution < 1.29 is 21.0 Å². The van der Waals surface area contributed by atoms with Crippen molar-refractivity contribution in [2.24, 2.45) is 0 Å². The molecule has 0 amide bonds. The second-order valence-corrected chi connectivity index (χ2v) is 7.97. The Labute approximate surface area is 107 Å². The average Bonchev–Trinajstić information content (AvgIpc) is 2.36. The molecule has 1 heterocycles. The lowest BCUT2D eigenvalue weighted by molar-refractivity contribution is 0.202. The predicted octanol–water partition coefficient (Wildman–Crippen LogP) is 1.27. The lowest BCUT2D eigenvalue weighted by Crippen LogP contribution is -2.11. The van der Waals surface area contributed by atoms with Gasteiger partial charge in [-0.25, -0.2) is 8.42 Å². The molecule has 7 heteroatoms. The molecule has 0 saturated carbocycles. The van der Waals surface area contributed by atoms with Crippen molar-refractivity contribution in [2.45, 2.75) is 23.8 Å². The molecule has 0 aliphatic carbocycles. The molecule has 5 nitrogen and oxygen atoms in total. The van der Waals surface area contributed by atoms with Crippen molar-refractivity contribution in [1.82, 2.24) is 0 Å². The van der Waals surface area contributed by atoms with E-state index in [0.717, 1.165) is 6.26 Å². The molecule has 0 spiro atoms. The van der Waals surface area contributed by atoms with Crippen molar-refractivity contribution in [1.29, 1.82) is 0 Å². The van der Waals surface area contributed by atoms with Crippen molar-refractivity contribution in [3.8, 4) is 0 Å². The Morgan fingerprint density at radius 3 is 2.61 bits per heavy atom. The van der Waals surface area contributed by atoms with E-state index in [0.29, 0.717) is 18.4 Å². The molecule has 18 heavy (non-hydrogen) atoms. The molecule has 0 unspecified atom stereocenters. The van der Waals surface area contributed by atoms with Crippen LogP contribution < -0.4 is 0 Å². The van der Waals surface area contributed by atoms with E-state index < -0.39 is 26.1 Å². The summed E-state index contributed by atoms with van der Waals surface area (Å²) in [5.74, 6) is 0.0215. The molecule has 1 atom stereocenters. The molecule has 0 radical (unpaired) electrons. The Bertz CT molecular complexity index is 646. The first-order chi connectivity index (χ1) is 8.30. The molecule has 1 aliphatic heterocycles. The van der Waals surface area contributed by atoms with Crippen LogP contribution in [0.3, 0.4) is 0 Å². The second-order valence-electron chi connectivity index (χ2n) is 4.29. The van der Waals surface area contributed by atoms with Gasteiger partial charge in [0.25, 0.3) is 10.1 Å². The van der Waals surface area contributed by atoms with E-state index in [1.807, 2.05) is 0 Å². The van der Waals surface area contributed by atoms with Gasteiger partial charge in [0, 0.05) is 5.56 Å². The highest BCUT2D eigenvalue weighted by molar-refractivity contribution is 7.91. The van der Waals surface area contributed by atoms with Gasteiger partial charge in [0.05, 0.1) is 16.9 Å². The van der Waals surface area contributed by atoms with Gasteiger partial charge >= 0.3 is 0 Å². The highest BCUT2D eigenvalue weighted by atomic mass is 32.2. The minimum Gasteiger partial charge on any atom is -0.262 e. The van der Waals surface area contributed by atoms with Crippen molar-refractivity contribution in [2.75, 3.05) is 12.0 Å². The van der Waals surface area contributed by atoms with Crippen molar-refractivity contribution in [3.05, 3.63) is 29.8 Å². The topological polar surface area (TPSA) is 77.5 Å².